The Hall–Kier alpha value is -0.580. The van der Waals surface area contributed by atoms with Crippen LogP contribution in [0, 0.1) is 0 Å². The van der Waals surface area contributed by atoms with E-state index in [0.29, 0.717) is 13.2 Å². The van der Waals surface area contributed by atoms with E-state index < -0.39 is 0 Å². The molecule has 1 atom stereocenters. The Kier molecular flexibility index (Phi) is 4.21. The van der Waals surface area contributed by atoms with Gasteiger partial charge in [-0.3, -0.25) is 0 Å². The molecule has 0 amide bonds. The van der Waals surface area contributed by atoms with Crippen LogP contribution in [-0.2, 0) is 16.1 Å². The average molecular weight is 286 g/mol. The Balaban J connectivity index is 1.78. The van der Waals surface area contributed by atoms with E-state index in [-0.39, 0.29) is 6.10 Å². The van der Waals surface area contributed by atoms with E-state index >= 15 is 0 Å². The van der Waals surface area contributed by atoms with E-state index in [1.54, 1.807) is 0 Å². The summed E-state index contributed by atoms with van der Waals surface area (Å²) < 4.78 is 12.0. The Morgan fingerprint density at radius 2 is 2.38 bits per heavy atom. The molecule has 1 aromatic carbocycles. The number of nitrogens with two attached hydrogens (primary N) is 1. The van der Waals surface area contributed by atoms with Gasteiger partial charge in [-0.25, -0.2) is 0 Å². The van der Waals surface area contributed by atoms with Gasteiger partial charge in [0, 0.05) is 16.8 Å². The number of nitrogen functional groups attached to an aromatic ring is 1. The smallest absolute Gasteiger partial charge is 0.0809 e. The molecule has 88 valence electrons. The fraction of sp³-hybridized carbons (Fsp3) is 0.500. The highest BCUT2D eigenvalue weighted by Gasteiger charge is 2.15. The zero-order valence-corrected chi connectivity index (χ0v) is 10.7. The van der Waals surface area contributed by atoms with Crippen molar-refractivity contribution < 1.29 is 9.47 Å². The molecule has 2 rings (SSSR count). The zero-order valence-electron chi connectivity index (χ0n) is 9.12. The van der Waals surface area contributed by atoms with Gasteiger partial charge in [0.2, 0.25) is 0 Å². The van der Waals surface area contributed by atoms with Crippen molar-refractivity contribution in [1.82, 2.24) is 0 Å². The van der Waals surface area contributed by atoms with E-state index in [9.17, 15) is 0 Å². The minimum absolute atomic E-state index is 0.285. The van der Waals surface area contributed by atoms with E-state index in [4.69, 9.17) is 15.2 Å². The molecule has 0 aromatic heterocycles. The first-order valence-electron chi connectivity index (χ1n) is 5.49. The SMILES string of the molecule is Nc1cc(COCC2CCCO2)ccc1Br. The highest BCUT2D eigenvalue weighted by molar-refractivity contribution is 9.10. The first-order chi connectivity index (χ1) is 7.75. The molecule has 1 heterocycles. The number of ether oxygens (including phenoxy) is 2. The lowest BCUT2D eigenvalue weighted by Gasteiger charge is -2.10. The predicted octanol–water partition coefficient (Wildman–Crippen LogP) is 2.73. The van der Waals surface area contributed by atoms with Gasteiger partial charge in [-0.15, -0.1) is 0 Å². The first-order valence-corrected chi connectivity index (χ1v) is 6.28. The predicted molar refractivity (Wildman–Crippen MR) is 67.2 cm³/mol. The summed E-state index contributed by atoms with van der Waals surface area (Å²) in [6.07, 6.45) is 2.55. The molecule has 0 radical (unpaired) electrons. The lowest BCUT2D eigenvalue weighted by molar-refractivity contribution is 0.0106. The highest BCUT2D eigenvalue weighted by Crippen LogP contribution is 2.21. The molecular formula is C12H16BrNO2. The van der Waals surface area contributed by atoms with Gasteiger partial charge in [0.25, 0.3) is 0 Å². The Morgan fingerprint density at radius 1 is 1.50 bits per heavy atom. The van der Waals surface area contributed by atoms with Gasteiger partial charge in [-0.2, -0.15) is 0 Å². The van der Waals surface area contributed by atoms with Crippen molar-refractivity contribution in [2.24, 2.45) is 0 Å². The molecule has 4 heteroatoms. The van der Waals surface area contributed by atoms with Gasteiger partial charge in [0.05, 0.1) is 19.3 Å². The van der Waals surface area contributed by atoms with Crippen molar-refractivity contribution in [1.29, 1.82) is 0 Å². The van der Waals surface area contributed by atoms with Crippen LogP contribution in [0.1, 0.15) is 18.4 Å². The normalized spacial score (nSPS) is 20.2. The van der Waals surface area contributed by atoms with E-state index in [1.165, 1.54) is 0 Å². The molecule has 2 N–H and O–H groups in total. The minimum Gasteiger partial charge on any atom is -0.398 e. The van der Waals surface area contributed by atoms with Crippen LogP contribution in [-0.4, -0.2) is 19.3 Å². The zero-order chi connectivity index (χ0) is 11.4. The van der Waals surface area contributed by atoms with Crippen LogP contribution in [0.3, 0.4) is 0 Å². The standard InChI is InChI=1S/C12H16BrNO2/c13-11-4-3-9(6-12(11)14)7-15-8-10-2-1-5-16-10/h3-4,6,10H,1-2,5,7-8,14H2. The second-order valence-electron chi connectivity index (χ2n) is 4.01. The maximum atomic E-state index is 5.79. The topological polar surface area (TPSA) is 44.5 Å². The molecule has 0 aliphatic carbocycles. The Bertz CT molecular complexity index is 351. The summed E-state index contributed by atoms with van der Waals surface area (Å²) in [6, 6.07) is 5.88. The molecule has 0 saturated carbocycles. The summed E-state index contributed by atoms with van der Waals surface area (Å²) in [6.45, 7) is 2.15. The lowest BCUT2D eigenvalue weighted by Crippen LogP contribution is -2.13. The van der Waals surface area contributed by atoms with Crippen LogP contribution in [0.15, 0.2) is 22.7 Å². The van der Waals surface area contributed by atoms with Crippen molar-refractivity contribution in [2.75, 3.05) is 18.9 Å². The molecule has 1 aliphatic rings. The number of halogens is 1. The summed E-state index contributed by atoms with van der Waals surface area (Å²) >= 11 is 3.37. The van der Waals surface area contributed by atoms with Crippen molar-refractivity contribution >= 4 is 21.6 Å². The van der Waals surface area contributed by atoms with Crippen LogP contribution in [0.4, 0.5) is 5.69 Å². The van der Waals surface area contributed by atoms with Gasteiger partial charge in [0.1, 0.15) is 0 Å². The van der Waals surface area contributed by atoms with Crippen LogP contribution < -0.4 is 5.73 Å². The summed E-state index contributed by atoms with van der Waals surface area (Å²) in [5.41, 5.74) is 7.63. The van der Waals surface area contributed by atoms with E-state index in [1.807, 2.05) is 18.2 Å². The van der Waals surface area contributed by atoms with Gasteiger partial charge in [0.15, 0.2) is 0 Å². The maximum absolute atomic E-state index is 5.79. The fourth-order valence-corrected chi connectivity index (χ4v) is 2.01. The molecule has 1 unspecified atom stereocenters. The van der Waals surface area contributed by atoms with Crippen LogP contribution in [0.25, 0.3) is 0 Å². The summed E-state index contributed by atoms with van der Waals surface area (Å²) in [4.78, 5) is 0. The number of anilines is 1. The van der Waals surface area contributed by atoms with Gasteiger partial charge < -0.3 is 15.2 Å². The number of hydrogen-bond donors (Lipinski definition) is 1. The molecule has 3 nitrogen and oxygen atoms in total. The third kappa shape index (κ3) is 3.20. The van der Waals surface area contributed by atoms with Gasteiger partial charge in [-0.05, 0) is 46.5 Å². The van der Waals surface area contributed by atoms with Crippen molar-refractivity contribution in [3.63, 3.8) is 0 Å². The van der Waals surface area contributed by atoms with Crippen molar-refractivity contribution in [3.05, 3.63) is 28.2 Å². The highest BCUT2D eigenvalue weighted by atomic mass is 79.9. The van der Waals surface area contributed by atoms with Crippen LogP contribution >= 0.6 is 15.9 Å². The van der Waals surface area contributed by atoms with Crippen LogP contribution in [0.2, 0.25) is 0 Å². The van der Waals surface area contributed by atoms with Gasteiger partial charge in [-0.1, -0.05) is 6.07 Å². The van der Waals surface area contributed by atoms with E-state index in [2.05, 4.69) is 15.9 Å². The first kappa shape index (κ1) is 11.9. The summed E-state index contributed by atoms with van der Waals surface area (Å²) in [7, 11) is 0. The Morgan fingerprint density at radius 3 is 3.06 bits per heavy atom. The average Bonchev–Trinajstić information content (AvgIpc) is 2.76. The third-order valence-corrected chi connectivity index (χ3v) is 3.38. The summed E-state index contributed by atoms with van der Waals surface area (Å²) in [5, 5.41) is 0. The molecule has 0 bridgehead atoms. The quantitative estimate of drug-likeness (QED) is 0.866. The minimum atomic E-state index is 0.285. The molecule has 1 fully saturated rings. The second kappa shape index (κ2) is 5.66. The van der Waals surface area contributed by atoms with Crippen LogP contribution in [0.5, 0.6) is 0 Å². The van der Waals surface area contributed by atoms with Crippen molar-refractivity contribution in [3.8, 4) is 0 Å². The lowest BCUT2D eigenvalue weighted by atomic mass is 10.2. The monoisotopic (exact) mass is 285 g/mol. The molecule has 1 aliphatic heterocycles. The fourth-order valence-electron chi connectivity index (χ4n) is 1.77. The molecule has 1 aromatic rings. The Labute approximate surface area is 104 Å². The molecule has 0 spiro atoms. The maximum Gasteiger partial charge on any atom is 0.0809 e. The van der Waals surface area contributed by atoms with Gasteiger partial charge >= 0.3 is 0 Å². The number of hydrogen-bond acceptors (Lipinski definition) is 3. The third-order valence-electron chi connectivity index (χ3n) is 2.66. The molecule has 16 heavy (non-hydrogen) atoms. The molecular weight excluding hydrogens is 270 g/mol. The second-order valence-corrected chi connectivity index (χ2v) is 4.86. The number of rotatable bonds is 4. The largest absolute Gasteiger partial charge is 0.398 e. The number of benzene rings is 1. The molecule has 1 saturated heterocycles. The summed E-state index contributed by atoms with van der Waals surface area (Å²) in [5.74, 6) is 0. The van der Waals surface area contributed by atoms with E-state index in [0.717, 1.165) is 35.2 Å². The van der Waals surface area contributed by atoms with Crippen molar-refractivity contribution in [2.45, 2.75) is 25.6 Å².